The second-order valence-electron chi connectivity index (χ2n) is 7.62. The molecule has 0 bridgehead atoms. The van der Waals surface area contributed by atoms with Gasteiger partial charge >= 0.3 is 11.6 Å². The highest BCUT2D eigenvalue weighted by Gasteiger charge is 2.25. The molecule has 0 aliphatic carbocycles. The number of hydrogen-bond acceptors (Lipinski definition) is 8. The fraction of sp³-hybridized carbons (Fsp3) is 0.304. The van der Waals surface area contributed by atoms with Crippen LogP contribution < -0.4 is 24.7 Å². The SMILES string of the molecule is COC(=O)Cc1c(C)c2cc3c(c(C)c2oc1=O)OCN(c1ccc2c(c1)OCO2)C3. The molecule has 160 valence electrons. The fourth-order valence-corrected chi connectivity index (χ4v) is 4.11. The lowest BCUT2D eigenvalue weighted by atomic mass is 9.97. The Balaban J connectivity index is 1.56. The van der Waals surface area contributed by atoms with Crippen molar-refractivity contribution >= 4 is 22.6 Å². The van der Waals surface area contributed by atoms with E-state index in [-0.39, 0.29) is 13.2 Å². The number of carbonyl (C=O) groups excluding carboxylic acids is 1. The number of ether oxygens (including phenoxy) is 4. The van der Waals surface area contributed by atoms with Crippen molar-refractivity contribution in [3.05, 3.63) is 56.9 Å². The summed E-state index contributed by atoms with van der Waals surface area (Å²) in [4.78, 5) is 26.3. The molecule has 0 saturated carbocycles. The number of nitrogens with zero attached hydrogens (tertiary/aromatic N) is 1. The third-order valence-corrected chi connectivity index (χ3v) is 5.83. The van der Waals surface area contributed by atoms with Crippen LogP contribution in [0.15, 0.2) is 33.5 Å². The lowest BCUT2D eigenvalue weighted by Crippen LogP contribution is -2.32. The Morgan fingerprint density at radius 1 is 1.10 bits per heavy atom. The lowest BCUT2D eigenvalue weighted by Gasteiger charge is -2.32. The van der Waals surface area contributed by atoms with Gasteiger partial charge in [-0.25, -0.2) is 4.79 Å². The van der Waals surface area contributed by atoms with Crippen molar-refractivity contribution in [2.75, 3.05) is 25.5 Å². The van der Waals surface area contributed by atoms with E-state index in [1.165, 1.54) is 7.11 Å². The molecule has 0 atom stereocenters. The molecule has 0 spiro atoms. The van der Waals surface area contributed by atoms with Gasteiger partial charge in [0.25, 0.3) is 0 Å². The zero-order valence-electron chi connectivity index (χ0n) is 17.4. The quantitative estimate of drug-likeness (QED) is 0.469. The number of esters is 1. The van der Waals surface area contributed by atoms with Crippen LogP contribution in [-0.4, -0.2) is 26.6 Å². The number of anilines is 1. The van der Waals surface area contributed by atoms with Crippen LogP contribution in [0.1, 0.15) is 22.3 Å². The van der Waals surface area contributed by atoms with Gasteiger partial charge in [-0.1, -0.05) is 0 Å². The third kappa shape index (κ3) is 3.15. The second kappa shape index (κ2) is 7.23. The Kier molecular flexibility index (Phi) is 4.50. The molecular weight excluding hydrogens is 402 g/mol. The molecule has 0 unspecified atom stereocenters. The number of benzene rings is 2. The summed E-state index contributed by atoms with van der Waals surface area (Å²) in [5.41, 5.74) is 3.65. The van der Waals surface area contributed by atoms with Crippen molar-refractivity contribution in [2.45, 2.75) is 26.8 Å². The van der Waals surface area contributed by atoms with E-state index < -0.39 is 11.6 Å². The first-order valence-corrected chi connectivity index (χ1v) is 9.89. The van der Waals surface area contributed by atoms with E-state index in [4.69, 9.17) is 23.4 Å². The van der Waals surface area contributed by atoms with E-state index in [2.05, 4.69) is 4.90 Å². The van der Waals surface area contributed by atoms with Gasteiger partial charge in [0.1, 0.15) is 11.3 Å². The Hall–Kier alpha value is -3.68. The van der Waals surface area contributed by atoms with E-state index in [0.29, 0.717) is 41.5 Å². The molecule has 0 amide bonds. The molecule has 3 aromatic rings. The number of methoxy groups -OCH3 is 1. The van der Waals surface area contributed by atoms with E-state index in [0.717, 1.165) is 28.0 Å². The van der Waals surface area contributed by atoms with Crippen LogP contribution in [0.25, 0.3) is 11.0 Å². The predicted octanol–water partition coefficient (Wildman–Crippen LogP) is 3.21. The normalized spacial score (nSPS) is 14.4. The highest BCUT2D eigenvalue weighted by atomic mass is 16.7. The van der Waals surface area contributed by atoms with Crippen LogP contribution in [0.5, 0.6) is 17.2 Å². The summed E-state index contributed by atoms with van der Waals surface area (Å²) in [6, 6.07) is 7.75. The molecule has 0 N–H and O–H groups in total. The molecule has 3 heterocycles. The van der Waals surface area contributed by atoms with Crippen molar-refractivity contribution in [3.8, 4) is 17.2 Å². The topological polar surface area (TPSA) is 87.4 Å². The number of aryl methyl sites for hydroxylation is 2. The fourth-order valence-electron chi connectivity index (χ4n) is 4.11. The minimum absolute atomic E-state index is 0.128. The van der Waals surface area contributed by atoms with Crippen LogP contribution >= 0.6 is 0 Å². The largest absolute Gasteiger partial charge is 0.472 e. The summed E-state index contributed by atoms with van der Waals surface area (Å²) in [7, 11) is 1.29. The third-order valence-electron chi connectivity index (χ3n) is 5.83. The lowest BCUT2D eigenvalue weighted by molar-refractivity contribution is -0.139. The Labute approximate surface area is 177 Å². The smallest absolute Gasteiger partial charge is 0.340 e. The monoisotopic (exact) mass is 423 g/mol. The van der Waals surface area contributed by atoms with E-state index >= 15 is 0 Å². The van der Waals surface area contributed by atoms with Crippen LogP contribution in [-0.2, 0) is 22.5 Å². The van der Waals surface area contributed by atoms with Crippen molar-refractivity contribution in [1.82, 2.24) is 0 Å². The molecule has 8 heteroatoms. The summed E-state index contributed by atoms with van der Waals surface area (Å²) in [6.07, 6.45) is -0.128. The minimum atomic E-state index is -0.531. The molecule has 2 aromatic carbocycles. The van der Waals surface area contributed by atoms with Gasteiger partial charge in [-0.15, -0.1) is 0 Å². The van der Waals surface area contributed by atoms with Crippen molar-refractivity contribution < 1.29 is 28.2 Å². The molecule has 0 saturated heterocycles. The van der Waals surface area contributed by atoms with E-state index in [9.17, 15) is 9.59 Å². The van der Waals surface area contributed by atoms with Gasteiger partial charge in [0.15, 0.2) is 18.2 Å². The molecule has 0 radical (unpaired) electrons. The number of hydrogen-bond donors (Lipinski definition) is 0. The molecule has 31 heavy (non-hydrogen) atoms. The first-order chi connectivity index (χ1) is 15.0. The first kappa shape index (κ1) is 19.3. The van der Waals surface area contributed by atoms with E-state index in [1.807, 2.05) is 38.1 Å². The zero-order chi connectivity index (χ0) is 21.7. The van der Waals surface area contributed by atoms with Crippen LogP contribution in [0.2, 0.25) is 0 Å². The van der Waals surface area contributed by atoms with Crippen LogP contribution in [0.4, 0.5) is 5.69 Å². The average Bonchev–Trinajstić information content (AvgIpc) is 3.25. The van der Waals surface area contributed by atoms with Gasteiger partial charge in [-0.2, -0.15) is 0 Å². The minimum Gasteiger partial charge on any atom is -0.472 e. The number of carbonyl (C=O) groups is 1. The summed E-state index contributed by atoms with van der Waals surface area (Å²) in [5.74, 6) is 1.67. The summed E-state index contributed by atoms with van der Waals surface area (Å²) < 4.78 is 27.2. The molecule has 1 aromatic heterocycles. The maximum absolute atomic E-state index is 12.5. The van der Waals surface area contributed by atoms with Gasteiger partial charge in [0.2, 0.25) is 6.79 Å². The van der Waals surface area contributed by atoms with Crippen LogP contribution in [0.3, 0.4) is 0 Å². The average molecular weight is 423 g/mol. The molecule has 0 fully saturated rings. The summed E-state index contributed by atoms with van der Waals surface area (Å²) in [6.45, 7) is 4.88. The summed E-state index contributed by atoms with van der Waals surface area (Å²) >= 11 is 0. The number of rotatable bonds is 3. The maximum atomic E-state index is 12.5. The maximum Gasteiger partial charge on any atom is 0.340 e. The van der Waals surface area contributed by atoms with Crippen LogP contribution in [0, 0.1) is 13.8 Å². The van der Waals surface area contributed by atoms with Gasteiger partial charge < -0.3 is 28.3 Å². The van der Waals surface area contributed by atoms with Gasteiger partial charge in [0, 0.05) is 34.8 Å². The molecule has 5 rings (SSSR count). The van der Waals surface area contributed by atoms with Crippen molar-refractivity contribution in [2.24, 2.45) is 0 Å². The molecule has 8 nitrogen and oxygen atoms in total. The van der Waals surface area contributed by atoms with Gasteiger partial charge in [0.05, 0.1) is 19.1 Å². The molecule has 2 aliphatic heterocycles. The van der Waals surface area contributed by atoms with Gasteiger partial charge in [-0.05, 0) is 37.6 Å². The number of fused-ring (bicyclic) bond motifs is 3. The highest BCUT2D eigenvalue weighted by Crippen LogP contribution is 2.40. The Bertz CT molecular complexity index is 1280. The van der Waals surface area contributed by atoms with E-state index in [1.54, 1.807) is 0 Å². The predicted molar refractivity (Wildman–Crippen MR) is 112 cm³/mol. The Morgan fingerprint density at radius 3 is 2.71 bits per heavy atom. The molecular formula is C23H21NO7. The highest BCUT2D eigenvalue weighted by molar-refractivity contribution is 5.88. The standard InChI is InChI=1S/C23H21NO7/c1-12-16-6-14-9-24(15-4-5-18-19(7-15)30-11-29-18)10-28-21(14)13(2)22(16)31-23(26)17(12)8-20(25)27-3/h4-7H,8-11H2,1-3H3. The zero-order valence-corrected chi connectivity index (χ0v) is 17.4. The van der Waals surface area contributed by atoms with Crippen molar-refractivity contribution in [1.29, 1.82) is 0 Å². The van der Waals surface area contributed by atoms with Gasteiger partial charge in [-0.3, -0.25) is 4.79 Å². The summed E-state index contributed by atoms with van der Waals surface area (Å²) in [5, 5.41) is 0.783. The first-order valence-electron chi connectivity index (χ1n) is 9.89. The van der Waals surface area contributed by atoms with Crippen molar-refractivity contribution in [3.63, 3.8) is 0 Å². The Morgan fingerprint density at radius 2 is 1.90 bits per heavy atom. The molecule has 2 aliphatic rings. The second-order valence-corrected chi connectivity index (χ2v) is 7.62.